The quantitative estimate of drug-likeness (QED) is 0.830. The van der Waals surface area contributed by atoms with Crippen molar-refractivity contribution < 1.29 is 14.3 Å². The highest BCUT2D eigenvalue weighted by Crippen LogP contribution is 2.24. The predicted molar refractivity (Wildman–Crippen MR) is 80.2 cm³/mol. The highest BCUT2D eigenvalue weighted by molar-refractivity contribution is 5.92. The van der Waals surface area contributed by atoms with Crippen molar-refractivity contribution in [2.24, 2.45) is 0 Å². The smallest absolute Gasteiger partial charge is 0.278 e. The Kier molecular flexibility index (Phi) is 4.60. The van der Waals surface area contributed by atoms with Gasteiger partial charge in [0.05, 0.1) is 19.9 Å². The first kappa shape index (κ1) is 15.1. The van der Waals surface area contributed by atoms with Crippen LogP contribution in [0.1, 0.15) is 23.3 Å². The van der Waals surface area contributed by atoms with Gasteiger partial charge in [-0.1, -0.05) is 0 Å². The Hall–Kier alpha value is -2.77. The molecule has 1 aliphatic rings. The Balaban J connectivity index is 1.68. The number of likely N-dealkylation sites (tertiary alicyclic amines) is 1. The highest BCUT2D eigenvalue weighted by Gasteiger charge is 2.27. The van der Waals surface area contributed by atoms with Crippen molar-refractivity contribution in [2.75, 3.05) is 20.2 Å². The van der Waals surface area contributed by atoms with Crippen LogP contribution in [-0.2, 0) is 0 Å². The standard InChI is InChI=1S/C15H17N5O3/c1-22-13-14(19-7-6-18-13)23-11-3-2-8-20(10-11)15(21)12-9-16-4-5-17-12/h4-7,9,11H,2-3,8,10H2,1H3. The first-order chi connectivity index (χ1) is 11.3. The molecule has 0 N–H and O–H groups in total. The van der Waals surface area contributed by atoms with E-state index in [0.717, 1.165) is 12.8 Å². The van der Waals surface area contributed by atoms with Crippen molar-refractivity contribution in [3.05, 3.63) is 36.7 Å². The fourth-order valence-corrected chi connectivity index (χ4v) is 2.48. The third kappa shape index (κ3) is 3.53. The number of rotatable bonds is 4. The van der Waals surface area contributed by atoms with Gasteiger partial charge in [-0.15, -0.1) is 0 Å². The van der Waals surface area contributed by atoms with Crippen molar-refractivity contribution >= 4 is 5.91 Å². The lowest BCUT2D eigenvalue weighted by Crippen LogP contribution is -2.44. The molecule has 8 nitrogen and oxygen atoms in total. The maximum atomic E-state index is 12.4. The highest BCUT2D eigenvalue weighted by atomic mass is 16.5. The van der Waals surface area contributed by atoms with E-state index < -0.39 is 0 Å². The predicted octanol–water partition coefficient (Wildman–Crippen LogP) is 0.959. The average molecular weight is 315 g/mol. The molecular formula is C15H17N5O3. The molecule has 0 spiro atoms. The first-order valence-electron chi connectivity index (χ1n) is 7.35. The Bertz CT molecular complexity index is 667. The van der Waals surface area contributed by atoms with Crippen LogP contribution in [0.5, 0.6) is 11.8 Å². The fraction of sp³-hybridized carbons (Fsp3) is 0.400. The molecule has 1 fully saturated rings. The fourth-order valence-electron chi connectivity index (χ4n) is 2.48. The molecular weight excluding hydrogens is 298 g/mol. The Morgan fingerprint density at radius 3 is 2.70 bits per heavy atom. The van der Waals surface area contributed by atoms with E-state index in [0.29, 0.717) is 30.5 Å². The summed E-state index contributed by atoms with van der Waals surface area (Å²) in [7, 11) is 1.52. The van der Waals surface area contributed by atoms with Gasteiger partial charge in [0.25, 0.3) is 17.7 Å². The lowest BCUT2D eigenvalue weighted by molar-refractivity contribution is 0.0514. The molecule has 0 aromatic carbocycles. The number of ether oxygens (including phenoxy) is 2. The van der Waals surface area contributed by atoms with Crippen molar-refractivity contribution in [1.82, 2.24) is 24.8 Å². The summed E-state index contributed by atoms with van der Waals surface area (Å²) in [6.07, 6.45) is 9.13. The van der Waals surface area contributed by atoms with Gasteiger partial charge in [-0.05, 0) is 12.8 Å². The molecule has 8 heteroatoms. The number of hydrogen-bond donors (Lipinski definition) is 0. The van der Waals surface area contributed by atoms with Gasteiger partial charge >= 0.3 is 0 Å². The van der Waals surface area contributed by atoms with Crippen LogP contribution in [0.4, 0.5) is 0 Å². The molecule has 3 heterocycles. The molecule has 2 aromatic rings. The zero-order valence-corrected chi connectivity index (χ0v) is 12.8. The SMILES string of the molecule is COc1nccnc1OC1CCCN(C(=O)c2cnccn2)C1. The molecule has 0 aliphatic carbocycles. The molecule has 0 radical (unpaired) electrons. The minimum atomic E-state index is -0.157. The van der Waals surface area contributed by atoms with Crippen LogP contribution in [0.3, 0.4) is 0 Å². The molecule has 0 bridgehead atoms. The topological polar surface area (TPSA) is 90.3 Å². The van der Waals surface area contributed by atoms with Gasteiger partial charge in [0.1, 0.15) is 11.8 Å². The van der Waals surface area contributed by atoms with E-state index in [9.17, 15) is 4.79 Å². The van der Waals surface area contributed by atoms with E-state index >= 15 is 0 Å². The van der Waals surface area contributed by atoms with Gasteiger partial charge in [-0.25, -0.2) is 15.0 Å². The molecule has 1 amide bonds. The molecule has 1 unspecified atom stereocenters. The van der Waals surface area contributed by atoms with Gasteiger partial charge < -0.3 is 14.4 Å². The third-order valence-electron chi connectivity index (χ3n) is 3.55. The van der Waals surface area contributed by atoms with Gasteiger partial charge in [0.2, 0.25) is 0 Å². The molecule has 1 saturated heterocycles. The van der Waals surface area contributed by atoms with E-state index in [-0.39, 0.29) is 12.0 Å². The Morgan fingerprint density at radius 2 is 1.96 bits per heavy atom. The summed E-state index contributed by atoms with van der Waals surface area (Å²) in [5, 5.41) is 0. The van der Waals surface area contributed by atoms with E-state index in [4.69, 9.17) is 9.47 Å². The summed E-state index contributed by atoms with van der Waals surface area (Å²) in [5.41, 5.74) is 0.338. The largest absolute Gasteiger partial charge is 0.477 e. The van der Waals surface area contributed by atoms with Gasteiger partial charge in [-0.3, -0.25) is 9.78 Å². The Labute approximate surface area is 133 Å². The van der Waals surface area contributed by atoms with Crippen LogP contribution in [0.2, 0.25) is 0 Å². The maximum absolute atomic E-state index is 12.4. The molecule has 1 atom stereocenters. The minimum Gasteiger partial charge on any atom is -0.477 e. The normalized spacial score (nSPS) is 17.6. The lowest BCUT2D eigenvalue weighted by Gasteiger charge is -2.32. The van der Waals surface area contributed by atoms with Gasteiger partial charge in [0, 0.05) is 31.3 Å². The van der Waals surface area contributed by atoms with Gasteiger partial charge in [-0.2, -0.15) is 0 Å². The zero-order valence-electron chi connectivity index (χ0n) is 12.8. The molecule has 2 aromatic heterocycles. The van der Waals surface area contributed by atoms with Crippen LogP contribution in [-0.4, -0.2) is 57.0 Å². The summed E-state index contributed by atoms with van der Waals surface area (Å²) in [6, 6.07) is 0. The average Bonchev–Trinajstić information content (AvgIpc) is 2.62. The summed E-state index contributed by atoms with van der Waals surface area (Å²) >= 11 is 0. The van der Waals surface area contributed by atoms with Crippen LogP contribution >= 0.6 is 0 Å². The van der Waals surface area contributed by atoms with E-state index in [2.05, 4.69) is 19.9 Å². The number of carbonyl (C=O) groups is 1. The number of piperidine rings is 1. The number of methoxy groups -OCH3 is 1. The maximum Gasteiger partial charge on any atom is 0.278 e. The Morgan fingerprint density at radius 1 is 1.17 bits per heavy atom. The van der Waals surface area contributed by atoms with Crippen LogP contribution in [0.15, 0.2) is 31.0 Å². The number of nitrogens with zero attached hydrogens (tertiary/aromatic N) is 5. The van der Waals surface area contributed by atoms with Crippen molar-refractivity contribution in [2.45, 2.75) is 18.9 Å². The molecule has 3 rings (SSSR count). The summed E-state index contributed by atoms with van der Waals surface area (Å²) < 4.78 is 11.0. The molecule has 1 aliphatic heterocycles. The molecule has 23 heavy (non-hydrogen) atoms. The van der Waals surface area contributed by atoms with Crippen LogP contribution in [0.25, 0.3) is 0 Å². The van der Waals surface area contributed by atoms with E-state index in [1.54, 1.807) is 17.3 Å². The second kappa shape index (κ2) is 6.99. The number of amides is 1. The van der Waals surface area contributed by atoms with Crippen LogP contribution < -0.4 is 9.47 Å². The minimum absolute atomic E-state index is 0.141. The number of hydrogen-bond acceptors (Lipinski definition) is 7. The second-order valence-electron chi connectivity index (χ2n) is 5.09. The summed E-state index contributed by atoms with van der Waals surface area (Å²) in [6.45, 7) is 1.14. The lowest BCUT2D eigenvalue weighted by atomic mass is 10.1. The number of aromatic nitrogens is 4. The number of carbonyl (C=O) groups excluding carboxylic acids is 1. The van der Waals surface area contributed by atoms with Crippen molar-refractivity contribution in [1.29, 1.82) is 0 Å². The second-order valence-corrected chi connectivity index (χ2v) is 5.09. The van der Waals surface area contributed by atoms with Gasteiger partial charge in [0.15, 0.2) is 0 Å². The van der Waals surface area contributed by atoms with Crippen molar-refractivity contribution in [3.8, 4) is 11.8 Å². The van der Waals surface area contributed by atoms with Crippen LogP contribution in [0, 0.1) is 0 Å². The van der Waals surface area contributed by atoms with E-state index in [1.807, 2.05) is 0 Å². The third-order valence-corrected chi connectivity index (χ3v) is 3.55. The summed E-state index contributed by atoms with van der Waals surface area (Å²) in [5.74, 6) is 0.538. The van der Waals surface area contributed by atoms with E-state index in [1.165, 1.54) is 25.7 Å². The zero-order chi connectivity index (χ0) is 16.1. The first-order valence-corrected chi connectivity index (χ1v) is 7.35. The molecule has 120 valence electrons. The molecule has 0 saturated carbocycles. The monoisotopic (exact) mass is 315 g/mol. The summed E-state index contributed by atoms with van der Waals surface area (Å²) in [4.78, 5) is 30.3. The van der Waals surface area contributed by atoms with Crippen molar-refractivity contribution in [3.63, 3.8) is 0 Å².